The van der Waals surface area contributed by atoms with Crippen molar-refractivity contribution in [3.63, 3.8) is 0 Å². The first-order chi connectivity index (χ1) is 22.7. The van der Waals surface area contributed by atoms with E-state index in [1.165, 1.54) is 44.3 Å². The van der Waals surface area contributed by atoms with Crippen LogP contribution in [-0.2, 0) is 30.8 Å². The summed E-state index contributed by atoms with van der Waals surface area (Å²) >= 11 is 0. The minimum absolute atomic E-state index is 0.0948. The SMILES string of the molecule is CCCCc1cc2c3c4[n+](ccc3c1)C(CC)(CC)CC(Cc1ccc(OC)cc1-c1cccc[n+]1C)c1ccc(F)c(c1-4)C2(C)C. The first-order valence-electron chi connectivity index (χ1n) is 17.6. The van der Waals surface area contributed by atoms with Gasteiger partial charge in [0.25, 0.3) is 0 Å². The van der Waals surface area contributed by atoms with E-state index in [4.69, 9.17) is 4.74 Å². The van der Waals surface area contributed by atoms with Crippen molar-refractivity contribution in [1.29, 1.82) is 0 Å². The number of benzene rings is 3. The summed E-state index contributed by atoms with van der Waals surface area (Å²) in [7, 11) is 3.84. The quantitative estimate of drug-likeness (QED) is 0.149. The second-order valence-corrected chi connectivity index (χ2v) is 14.5. The standard InChI is InChI=1S/C43H49FN2O/c1-8-11-14-28-23-30-20-22-46-41-38(30)35(24-28)42(4,5)40-36(44)19-18-33(39(40)41)31(27-43(46,9-2)10-3)25-29-16-17-32(47-7)26-34(29)37-15-12-13-21-45(37)6/h12-13,15-24,26,31H,8-11,14,25,27H2,1-7H3/q+2. The second kappa shape index (κ2) is 11.9. The zero-order valence-electron chi connectivity index (χ0n) is 29.2. The van der Waals surface area contributed by atoms with Crippen LogP contribution >= 0.6 is 0 Å². The third kappa shape index (κ3) is 4.90. The van der Waals surface area contributed by atoms with Crippen LogP contribution in [0.3, 0.4) is 0 Å². The Bertz CT molecular complexity index is 2000. The molecule has 5 aromatic rings. The van der Waals surface area contributed by atoms with Gasteiger partial charge in [0, 0.05) is 48.4 Å². The minimum Gasteiger partial charge on any atom is -0.497 e. The van der Waals surface area contributed by atoms with E-state index >= 15 is 4.39 Å². The number of unbranched alkanes of at least 4 members (excludes halogenated alkanes) is 1. The monoisotopic (exact) mass is 628 g/mol. The van der Waals surface area contributed by atoms with Crippen molar-refractivity contribution in [3.05, 3.63) is 113 Å². The highest BCUT2D eigenvalue weighted by Crippen LogP contribution is 2.54. The molecule has 0 saturated heterocycles. The molecule has 0 amide bonds. The molecule has 2 aliphatic rings. The predicted molar refractivity (Wildman–Crippen MR) is 190 cm³/mol. The number of pyridine rings is 2. The van der Waals surface area contributed by atoms with Crippen LogP contribution in [0.4, 0.5) is 4.39 Å². The predicted octanol–water partition coefficient (Wildman–Crippen LogP) is 9.66. The van der Waals surface area contributed by atoms with E-state index < -0.39 is 5.41 Å². The largest absolute Gasteiger partial charge is 0.497 e. The molecule has 3 aromatic carbocycles. The molecule has 0 N–H and O–H groups in total. The topological polar surface area (TPSA) is 17.0 Å². The van der Waals surface area contributed by atoms with E-state index in [0.29, 0.717) is 0 Å². The highest BCUT2D eigenvalue weighted by Gasteiger charge is 2.50. The van der Waals surface area contributed by atoms with Crippen molar-refractivity contribution < 1.29 is 18.3 Å². The van der Waals surface area contributed by atoms with E-state index in [1.54, 1.807) is 13.2 Å². The van der Waals surface area contributed by atoms with Crippen molar-refractivity contribution in [2.24, 2.45) is 7.05 Å². The normalized spacial score (nSPS) is 17.1. The Balaban J connectivity index is 1.51. The molecular weight excluding hydrogens is 579 g/mol. The van der Waals surface area contributed by atoms with Gasteiger partial charge < -0.3 is 4.74 Å². The molecule has 2 aromatic heterocycles. The lowest BCUT2D eigenvalue weighted by atomic mass is 9.67. The molecule has 1 atom stereocenters. The molecule has 7 rings (SSSR count). The highest BCUT2D eigenvalue weighted by atomic mass is 19.1. The Kier molecular flexibility index (Phi) is 7.97. The second-order valence-electron chi connectivity index (χ2n) is 14.5. The zero-order valence-corrected chi connectivity index (χ0v) is 29.2. The number of methoxy groups -OCH3 is 1. The van der Waals surface area contributed by atoms with Gasteiger partial charge in [-0.3, -0.25) is 0 Å². The van der Waals surface area contributed by atoms with Crippen molar-refractivity contribution in [3.8, 4) is 28.3 Å². The van der Waals surface area contributed by atoms with Gasteiger partial charge >= 0.3 is 0 Å². The van der Waals surface area contributed by atoms with Gasteiger partial charge in [0.1, 0.15) is 18.6 Å². The molecule has 4 heteroatoms. The summed E-state index contributed by atoms with van der Waals surface area (Å²) in [5.41, 5.74) is 10.2. The first kappa shape index (κ1) is 31.5. The zero-order chi connectivity index (χ0) is 33.1. The van der Waals surface area contributed by atoms with Gasteiger partial charge in [-0.05, 0) is 77.1 Å². The van der Waals surface area contributed by atoms with Crippen LogP contribution in [-0.4, -0.2) is 7.11 Å². The van der Waals surface area contributed by atoms with E-state index in [2.05, 4.69) is 124 Å². The smallest absolute Gasteiger partial charge is 0.221 e. The fourth-order valence-electron chi connectivity index (χ4n) is 8.96. The van der Waals surface area contributed by atoms with Crippen LogP contribution in [0.5, 0.6) is 5.75 Å². The van der Waals surface area contributed by atoms with Gasteiger partial charge in [-0.25, -0.2) is 8.96 Å². The number of nitrogens with zero attached hydrogens (tertiary/aromatic N) is 2. The van der Waals surface area contributed by atoms with Crippen molar-refractivity contribution in [2.75, 3.05) is 7.11 Å². The highest BCUT2D eigenvalue weighted by molar-refractivity contribution is 6.01. The van der Waals surface area contributed by atoms with E-state index in [9.17, 15) is 0 Å². The molecule has 1 aliphatic heterocycles. The molecule has 0 fully saturated rings. The number of aryl methyl sites for hydroxylation is 2. The Morgan fingerprint density at radius 1 is 0.936 bits per heavy atom. The fraction of sp³-hybridized carbons (Fsp3) is 0.395. The Morgan fingerprint density at radius 2 is 1.74 bits per heavy atom. The van der Waals surface area contributed by atoms with E-state index in [1.807, 2.05) is 0 Å². The molecule has 0 radical (unpaired) electrons. The van der Waals surface area contributed by atoms with Crippen molar-refractivity contribution in [1.82, 2.24) is 0 Å². The molecule has 1 aliphatic carbocycles. The lowest BCUT2D eigenvalue weighted by Crippen LogP contribution is -2.57. The number of ether oxygens (including phenoxy) is 1. The molecular formula is C43H49FN2O+2. The number of hydrogen-bond donors (Lipinski definition) is 0. The Morgan fingerprint density at radius 3 is 2.47 bits per heavy atom. The average molecular weight is 629 g/mol. The van der Waals surface area contributed by atoms with Gasteiger partial charge in [0.05, 0.1) is 23.6 Å². The minimum atomic E-state index is -0.471. The third-order valence-corrected chi connectivity index (χ3v) is 11.7. The summed E-state index contributed by atoms with van der Waals surface area (Å²) < 4.78 is 27.0. The Hall–Kier alpha value is -4.05. The maximum absolute atomic E-state index is 16.5. The summed E-state index contributed by atoms with van der Waals surface area (Å²) in [6, 6.07) is 23.9. The molecule has 242 valence electrons. The van der Waals surface area contributed by atoms with Gasteiger partial charge in [-0.15, -0.1) is 0 Å². The maximum atomic E-state index is 16.5. The lowest BCUT2D eigenvalue weighted by Gasteiger charge is -2.36. The molecule has 3 heterocycles. The van der Waals surface area contributed by atoms with E-state index in [-0.39, 0.29) is 17.3 Å². The van der Waals surface area contributed by atoms with Crippen LogP contribution in [0.15, 0.2) is 79.1 Å². The van der Waals surface area contributed by atoms with Gasteiger partial charge in [-0.1, -0.05) is 65.3 Å². The van der Waals surface area contributed by atoms with Gasteiger partial charge in [0.2, 0.25) is 11.4 Å². The first-order valence-corrected chi connectivity index (χ1v) is 17.6. The molecule has 47 heavy (non-hydrogen) atoms. The number of aromatic nitrogens is 2. The number of hydrogen-bond acceptors (Lipinski definition) is 1. The van der Waals surface area contributed by atoms with Crippen LogP contribution in [0, 0.1) is 5.82 Å². The molecule has 1 unspecified atom stereocenters. The van der Waals surface area contributed by atoms with Crippen LogP contribution in [0.25, 0.3) is 33.3 Å². The third-order valence-electron chi connectivity index (χ3n) is 11.7. The van der Waals surface area contributed by atoms with Gasteiger partial charge in [-0.2, -0.15) is 4.57 Å². The Labute approximate surface area is 280 Å². The van der Waals surface area contributed by atoms with Crippen LogP contribution in [0.2, 0.25) is 0 Å². The van der Waals surface area contributed by atoms with Crippen LogP contribution in [0.1, 0.15) is 100 Å². The van der Waals surface area contributed by atoms with Crippen molar-refractivity contribution >= 4 is 10.8 Å². The summed E-state index contributed by atoms with van der Waals surface area (Å²) in [6.45, 7) is 11.4. The summed E-state index contributed by atoms with van der Waals surface area (Å²) in [5.74, 6) is 0.954. The molecule has 0 spiro atoms. The maximum Gasteiger partial charge on any atom is 0.221 e. The van der Waals surface area contributed by atoms with Gasteiger partial charge in [0.15, 0.2) is 17.9 Å². The molecule has 0 saturated carbocycles. The summed E-state index contributed by atoms with van der Waals surface area (Å²) in [4.78, 5) is 0. The summed E-state index contributed by atoms with van der Waals surface area (Å²) in [5, 5.41) is 2.59. The van der Waals surface area contributed by atoms with E-state index in [0.717, 1.165) is 67.5 Å². The summed E-state index contributed by atoms with van der Waals surface area (Å²) in [6.07, 6.45) is 11.7. The van der Waals surface area contributed by atoms with Crippen LogP contribution < -0.4 is 13.9 Å². The average Bonchev–Trinajstić information content (AvgIpc) is 3.19. The van der Waals surface area contributed by atoms with Crippen molar-refractivity contribution in [2.45, 2.75) is 96.4 Å². The number of rotatable bonds is 9. The number of halogens is 1. The lowest BCUT2D eigenvalue weighted by molar-refractivity contribution is -0.756. The fourth-order valence-corrected chi connectivity index (χ4v) is 8.96. The molecule has 0 bridgehead atoms. The molecule has 3 nitrogen and oxygen atoms in total.